The van der Waals surface area contributed by atoms with Crippen LogP contribution in [0.4, 0.5) is 10.6 Å². The van der Waals surface area contributed by atoms with E-state index >= 15 is 0 Å². The Kier molecular flexibility index (Phi) is 3.80. The Hall–Kier alpha value is -1.18. The lowest BCUT2D eigenvalue weighted by molar-refractivity contribution is 0.0576. The van der Waals surface area contributed by atoms with Gasteiger partial charge in [0.25, 0.3) is 0 Å². The maximum absolute atomic E-state index is 12.1. The summed E-state index contributed by atoms with van der Waals surface area (Å²) in [6.07, 6.45) is -0.162. The molecule has 1 aromatic heterocycles. The van der Waals surface area contributed by atoms with Gasteiger partial charge < -0.3 is 4.74 Å². The molecule has 19 heavy (non-hydrogen) atoms. The fraction of sp³-hybridized carbons (Fsp3) is 0.462. The van der Waals surface area contributed by atoms with Crippen molar-refractivity contribution < 1.29 is 14.3 Å². The van der Waals surface area contributed by atoms with Crippen molar-refractivity contribution in [1.82, 2.24) is 4.98 Å². The monoisotopic (exact) mass is 374 g/mol. The molecule has 0 saturated carbocycles. The number of pyridine rings is 1. The van der Waals surface area contributed by atoms with Crippen LogP contribution in [-0.2, 0) is 4.74 Å². The molecule has 2 rings (SSSR count). The molecule has 1 amide bonds. The van der Waals surface area contributed by atoms with Gasteiger partial charge in [-0.15, -0.1) is 0 Å². The van der Waals surface area contributed by atoms with E-state index in [4.69, 9.17) is 4.74 Å². The zero-order valence-electron chi connectivity index (χ0n) is 11.1. The van der Waals surface area contributed by atoms with E-state index in [2.05, 4.69) is 27.6 Å². The van der Waals surface area contributed by atoms with Crippen molar-refractivity contribution in [1.29, 1.82) is 0 Å². The molecule has 0 saturated heterocycles. The first kappa shape index (κ1) is 14.2. The van der Waals surface area contributed by atoms with Crippen LogP contribution >= 0.6 is 22.6 Å². The third-order valence-corrected chi connectivity index (χ3v) is 3.17. The molecule has 0 radical (unpaired) electrons. The van der Waals surface area contributed by atoms with Gasteiger partial charge in [0.1, 0.15) is 15.1 Å². The molecule has 0 aliphatic carbocycles. The van der Waals surface area contributed by atoms with Gasteiger partial charge >= 0.3 is 6.09 Å². The topological polar surface area (TPSA) is 59.5 Å². The van der Waals surface area contributed by atoms with Crippen LogP contribution in [-0.4, -0.2) is 29.0 Å². The van der Waals surface area contributed by atoms with Gasteiger partial charge in [-0.3, -0.25) is 9.69 Å². The van der Waals surface area contributed by atoms with Crippen LogP contribution < -0.4 is 4.90 Å². The highest BCUT2D eigenvalue weighted by molar-refractivity contribution is 14.1. The Morgan fingerprint density at radius 3 is 2.74 bits per heavy atom. The molecule has 0 aromatic carbocycles. The molecule has 1 aliphatic heterocycles. The Morgan fingerprint density at radius 2 is 2.11 bits per heavy atom. The maximum atomic E-state index is 12.1. The van der Waals surface area contributed by atoms with E-state index in [0.29, 0.717) is 24.3 Å². The van der Waals surface area contributed by atoms with Crippen molar-refractivity contribution >= 4 is 40.3 Å². The number of aromatic nitrogens is 1. The van der Waals surface area contributed by atoms with Crippen LogP contribution in [0.15, 0.2) is 12.1 Å². The standard InChI is InChI=1S/C13H15IN2O3/c1-13(2,3)19-12(18)16-7-6-9(17)8-4-5-10(14)15-11(8)16/h4-5H,6-7H2,1-3H3. The summed E-state index contributed by atoms with van der Waals surface area (Å²) in [6.45, 7) is 5.74. The highest BCUT2D eigenvalue weighted by Crippen LogP contribution is 2.27. The van der Waals surface area contributed by atoms with E-state index in [0.717, 1.165) is 3.70 Å². The smallest absolute Gasteiger partial charge is 0.416 e. The molecule has 1 aliphatic rings. The second kappa shape index (κ2) is 5.07. The average molecular weight is 374 g/mol. The molecular formula is C13H15IN2O3. The van der Waals surface area contributed by atoms with Gasteiger partial charge in [0.2, 0.25) is 0 Å². The molecular weight excluding hydrogens is 359 g/mol. The van der Waals surface area contributed by atoms with Crippen molar-refractivity contribution in [3.8, 4) is 0 Å². The quantitative estimate of drug-likeness (QED) is 0.518. The van der Waals surface area contributed by atoms with Crippen molar-refractivity contribution in [3.05, 3.63) is 21.4 Å². The third kappa shape index (κ3) is 3.23. The summed E-state index contributed by atoms with van der Waals surface area (Å²) in [5, 5.41) is 0. The van der Waals surface area contributed by atoms with Gasteiger partial charge in [0.15, 0.2) is 5.78 Å². The minimum atomic E-state index is -0.569. The van der Waals surface area contributed by atoms with Crippen LogP contribution in [0.25, 0.3) is 0 Å². The number of carbonyl (C=O) groups excluding carboxylic acids is 2. The van der Waals surface area contributed by atoms with E-state index in [1.807, 2.05) is 20.8 Å². The lowest BCUT2D eigenvalue weighted by Crippen LogP contribution is -2.41. The number of ether oxygens (including phenoxy) is 1. The summed E-state index contributed by atoms with van der Waals surface area (Å²) < 4.78 is 6.08. The largest absolute Gasteiger partial charge is 0.443 e. The fourth-order valence-corrected chi connectivity index (χ4v) is 2.21. The summed E-state index contributed by atoms with van der Waals surface area (Å²) in [7, 11) is 0. The number of carbonyl (C=O) groups is 2. The molecule has 6 heteroatoms. The first-order valence-electron chi connectivity index (χ1n) is 5.98. The molecule has 0 fully saturated rings. The number of nitrogens with zero attached hydrogens (tertiary/aromatic N) is 2. The highest BCUT2D eigenvalue weighted by atomic mass is 127. The Bertz CT molecular complexity index is 537. The minimum Gasteiger partial charge on any atom is -0.443 e. The number of rotatable bonds is 0. The minimum absolute atomic E-state index is 0.0127. The molecule has 1 aromatic rings. The number of hydrogen-bond donors (Lipinski definition) is 0. The van der Waals surface area contributed by atoms with Gasteiger partial charge in [-0.2, -0.15) is 0 Å². The number of ketones is 1. The zero-order valence-corrected chi connectivity index (χ0v) is 13.2. The lowest BCUT2D eigenvalue weighted by Gasteiger charge is -2.30. The average Bonchev–Trinajstić information content (AvgIpc) is 2.26. The van der Waals surface area contributed by atoms with Crippen LogP contribution in [0, 0.1) is 3.70 Å². The van der Waals surface area contributed by atoms with Crippen molar-refractivity contribution in [2.45, 2.75) is 32.8 Å². The number of fused-ring (bicyclic) bond motifs is 1. The van der Waals surface area contributed by atoms with Gasteiger partial charge in [0, 0.05) is 13.0 Å². The SMILES string of the molecule is CC(C)(C)OC(=O)N1CCC(=O)c2ccc(I)nc21. The molecule has 5 nitrogen and oxygen atoms in total. The molecule has 2 heterocycles. The Morgan fingerprint density at radius 1 is 1.42 bits per heavy atom. The van der Waals surface area contributed by atoms with Crippen molar-refractivity contribution in [3.63, 3.8) is 0 Å². The normalized spacial score (nSPS) is 15.2. The van der Waals surface area contributed by atoms with E-state index < -0.39 is 11.7 Å². The highest BCUT2D eigenvalue weighted by Gasteiger charge is 2.31. The van der Waals surface area contributed by atoms with E-state index in [1.54, 1.807) is 12.1 Å². The van der Waals surface area contributed by atoms with Crippen molar-refractivity contribution in [2.24, 2.45) is 0 Å². The van der Waals surface area contributed by atoms with Gasteiger partial charge in [-0.25, -0.2) is 9.78 Å². The molecule has 102 valence electrons. The second-order valence-electron chi connectivity index (χ2n) is 5.31. The number of halogens is 1. The lowest BCUT2D eigenvalue weighted by atomic mass is 10.0. The summed E-state index contributed by atoms with van der Waals surface area (Å²) in [5.41, 5.74) is -0.0850. The first-order valence-corrected chi connectivity index (χ1v) is 7.06. The van der Waals surface area contributed by atoms with E-state index in [-0.39, 0.29) is 5.78 Å². The van der Waals surface area contributed by atoms with Crippen LogP contribution in [0.1, 0.15) is 37.6 Å². The predicted molar refractivity (Wildman–Crippen MR) is 79.5 cm³/mol. The number of anilines is 1. The number of amides is 1. The molecule has 0 N–H and O–H groups in total. The Balaban J connectivity index is 2.35. The molecule has 0 unspecified atom stereocenters. The first-order chi connectivity index (χ1) is 8.78. The molecule has 0 bridgehead atoms. The second-order valence-corrected chi connectivity index (χ2v) is 6.42. The van der Waals surface area contributed by atoms with Crippen LogP contribution in [0.5, 0.6) is 0 Å². The van der Waals surface area contributed by atoms with Gasteiger partial charge in [-0.1, -0.05) is 0 Å². The Labute approximate surface area is 125 Å². The molecule has 0 atom stereocenters. The van der Waals surface area contributed by atoms with E-state index in [9.17, 15) is 9.59 Å². The summed E-state index contributed by atoms with van der Waals surface area (Å²) >= 11 is 2.05. The zero-order chi connectivity index (χ0) is 14.2. The fourth-order valence-electron chi connectivity index (χ4n) is 1.80. The third-order valence-electron chi connectivity index (χ3n) is 2.57. The summed E-state index contributed by atoms with van der Waals surface area (Å²) in [5.74, 6) is 0.413. The van der Waals surface area contributed by atoms with Crippen molar-refractivity contribution in [2.75, 3.05) is 11.4 Å². The van der Waals surface area contributed by atoms with E-state index in [1.165, 1.54) is 4.90 Å². The van der Waals surface area contributed by atoms with Gasteiger partial charge in [0.05, 0.1) is 5.56 Å². The number of Topliss-reactive ketones (excluding diaryl/α,β-unsaturated/α-hetero) is 1. The van der Waals surface area contributed by atoms with Gasteiger partial charge in [-0.05, 0) is 55.5 Å². The predicted octanol–water partition coefficient (Wildman–Crippen LogP) is 3.01. The maximum Gasteiger partial charge on any atom is 0.416 e. The number of hydrogen-bond acceptors (Lipinski definition) is 4. The van der Waals surface area contributed by atoms with Crippen LogP contribution in [0.2, 0.25) is 0 Å². The summed E-state index contributed by atoms with van der Waals surface area (Å²) in [4.78, 5) is 29.7. The summed E-state index contributed by atoms with van der Waals surface area (Å²) in [6, 6.07) is 3.47. The van der Waals surface area contributed by atoms with Crippen LogP contribution in [0.3, 0.4) is 0 Å². The molecule has 0 spiro atoms.